The van der Waals surface area contributed by atoms with E-state index in [1.54, 1.807) is 6.08 Å². The first kappa shape index (κ1) is 32.3. The molecule has 1 rings (SSSR count). The molecule has 0 heterocycles. The summed E-state index contributed by atoms with van der Waals surface area (Å²) in [4.78, 5) is 0. The quantitative estimate of drug-likeness (QED) is 0.309. The predicted molar refractivity (Wildman–Crippen MR) is 102 cm³/mol. The van der Waals surface area contributed by atoms with Gasteiger partial charge in [0, 0.05) is 0 Å². The Balaban J connectivity index is -0.000000113. The van der Waals surface area contributed by atoms with Crippen molar-refractivity contribution in [1.82, 2.24) is 0 Å². The Morgan fingerprint density at radius 2 is 1.25 bits per heavy atom. The molecule has 0 aliphatic heterocycles. The Hall–Kier alpha value is 0.646. The third-order valence-corrected chi connectivity index (χ3v) is 4.61. The molecule has 140 valence electrons. The number of hydrogen-bond acceptors (Lipinski definition) is 0. The maximum absolute atomic E-state index is 11.8. The van der Waals surface area contributed by atoms with Crippen molar-refractivity contribution in [3.8, 4) is 0 Å². The van der Waals surface area contributed by atoms with E-state index in [-0.39, 0.29) is 48.7 Å². The molecule has 1 aliphatic rings. The van der Waals surface area contributed by atoms with Crippen molar-refractivity contribution >= 4 is 15.3 Å². The van der Waals surface area contributed by atoms with E-state index in [1.807, 2.05) is 41.5 Å². The summed E-state index contributed by atoms with van der Waals surface area (Å²) in [5, 5.41) is 0. The second kappa shape index (κ2) is 23.6. The molecule has 0 aromatic carbocycles. The molecular weight excluding hydrogens is 448 g/mol. The van der Waals surface area contributed by atoms with Crippen LogP contribution in [0.15, 0.2) is 16.6 Å². The molecule has 0 radical (unpaired) electrons. The molecule has 3 N–H and O–H groups in total. The Labute approximate surface area is 173 Å². The zero-order chi connectivity index (χ0) is 18.8. The summed E-state index contributed by atoms with van der Waals surface area (Å²) < 4.78 is 23.8. The molecule has 7 heteroatoms. The van der Waals surface area contributed by atoms with Gasteiger partial charge in [0.1, 0.15) is 0 Å². The van der Waals surface area contributed by atoms with Gasteiger partial charge in [0.25, 0.3) is 0 Å². The van der Waals surface area contributed by atoms with E-state index in [2.05, 4.69) is 6.08 Å². The van der Waals surface area contributed by atoms with Crippen molar-refractivity contribution in [1.29, 1.82) is 0 Å². The number of hydrogen-bond donors (Lipinski definition) is 0. The van der Waals surface area contributed by atoms with Gasteiger partial charge in [0.15, 0.2) is 0 Å². The monoisotopic (exact) mass is 483 g/mol. The summed E-state index contributed by atoms with van der Waals surface area (Å²) in [5.74, 6) is 0. The number of rotatable bonds is 4. The van der Waals surface area contributed by atoms with E-state index < -0.39 is 15.3 Å². The van der Waals surface area contributed by atoms with Crippen molar-refractivity contribution < 1.29 is 33.2 Å². The first-order chi connectivity index (χ1) is 10.6. The van der Waals surface area contributed by atoms with Gasteiger partial charge in [0.05, 0.1) is 0 Å². The maximum atomic E-state index is 11.8. The molecule has 0 amide bonds. The van der Waals surface area contributed by atoms with Crippen LogP contribution in [-0.4, -0.2) is 33.4 Å². The first-order valence-electron chi connectivity index (χ1n) is 8.30. The Morgan fingerprint density at radius 3 is 1.33 bits per heavy atom. The van der Waals surface area contributed by atoms with Crippen LogP contribution in [0.4, 0.5) is 7.00 Å². The molecule has 1 aliphatic carbocycles. The van der Waals surface area contributed by atoms with Crippen molar-refractivity contribution in [2.45, 2.75) is 85.4 Å². The van der Waals surface area contributed by atoms with Crippen molar-refractivity contribution in [3.63, 3.8) is 0 Å². The van der Waals surface area contributed by atoms with Gasteiger partial charge in [-0.3, -0.25) is 0 Å². The van der Waals surface area contributed by atoms with Crippen LogP contribution in [-0.2, 0) is 26.2 Å². The molecule has 0 spiro atoms. The van der Waals surface area contributed by atoms with Crippen LogP contribution in [0, 0.1) is 6.08 Å². The van der Waals surface area contributed by atoms with Crippen LogP contribution >= 0.6 is 0 Å². The van der Waals surface area contributed by atoms with Gasteiger partial charge < -0.3 is 17.2 Å². The van der Waals surface area contributed by atoms with Gasteiger partial charge in [-0.15, -0.1) is 18.1 Å². The van der Waals surface area contributed by atoms with Gasteiger partial charge in [0.2, 0.25) is 0 Å². The van der Waals surface area contributed by atoms with E-state index >= 15 is 0 Å². The molecule has 0 aromatic rings. The second-order valence-corrected chi connectivity index (χ2v) is 8.03. The minimum absolute atomic E-state index is 0. The molecule has 0 saturated carbocycles. The Kier molecular flexibility index (Phi) is 31.9. The second-order valence-electron chi connectivity index (χ2n) is 5.47. The summed E-state index contributed by atoms with van der Waals surface area (Å²) in [6, 6.07) is 0.403. The molecule has 3 nitrogen and oxygen atoms in total. The molecule has 3 atom stereocenters. The molecule has 0 saturated heterocycles. The SMILES string of the molecule is CCC(C)[NH-].CCC(C)[NH-].CCC(C)[NH-].[F][GeH]([F])[C]1=[C-]CC=C1.[Zr+4]. The number of nitrogens with one attached hydrogen (secondary N) is 3. The molecule has 0 fully saturated rings. The third-order valence-electron chi connectivity index (χ3n) is 2.79. The third kappa shape index (κ3) is 34.1. The van der Waals surface area contributed by atoms with Crippen molar-refractivity contribution in [2.24, 2.45) is 0 Å². The van der Waals surface area contributed by atoms with Gasteiger partial charge in [-0.2, -0.15) is 0 Å². The van der Waals surface area contributed by atoms with Gasteiger partial charge in [-0.1, -0.05) is 60.8 Å². The van der Waals surface area contributed by atoms with Gasteiger partial charge in [-0.05, 0) is 0 Å². The van der Waals surface area contributed by atoms with E-state index in [4.69, 9.17) is 17.2 Å². The van der Waals surface area contributed by atoms with Gasteiger partial charge >= 0.3 is 77.5 Å². The molecule has 24 heavy (non-hydrogen) atoms. The van der Waals surface area contributed by atoms with Gasteiger partial charge in [-0.25, -0.2) is 0 Å². The van der Waals surface area contributed by atoms with Crippen LogP contribution in [0.25, 0.3) is 17.2 Å². The maximum Gasteiger partial charge on any atom is 4.00 e. The fraction of sp³-hybridized carbons (Fsp3) is 0.765. The normalized spacial score (nSPS) is 15.2. The van der Waals surface area contributed by atoms with Crippen molar-refractivity contribution in [2.75, 3.05) is 0 Å². The fourth-order valence-corrected chi connectivity index (χ4v) is 1.73. The molecule has 0 bridgehead atoms. The van der Waals surface area contributed by atoms with Crippen LogP contribution in [0.5, 0.6) is 0 Å². The smallest absolute Gasteiger partial charge is 4.00 e. The topological polar surface area (TPSA) is 71.4 Å². The fourth-order valence-electron chi connectivity index (χ4n) is 0.571. The largest absolute Gasteiger partial charge is 4.00 e. The number of halogens is 2. The van der Waals surface area contributed by atoms with E-state index in [0.717, 1.165) is 19.3 Å². The Morgan fingerprint density at radius 1 is 0.958 bits per heavy atom. The van der Waals surface area contributed by atoms with Crippen molar-refractivity contribution in [3.05, 3.63) is 39.8 Å². The van der Waals surface area contributed by atoms with E-state index in [0.29, 0.717) is 6.42 Å². The van der Waals surface area contributed by atoms with Crippen LogP contribution in [0.3, 0.4) is 0 Å². The zero-order valence-electron chi connectivity index (χ0n) is 16.0. The van der Waals surface area contributed by atoms with E-state index in [1.165, 1.54) is 6.08 Å². The van der Waals surface area contributed by atoms with Crippen LogP contribution in [0.1, 0.15) is 67.2 Å². The molecule has 3 unspecified atom stereocenters. The standard InChI is InChI=1S/C5H5F2Ge.3C4H10N.Zr/c6-8(7)5-3-1-2-4-5;3*1-3-4(2)5;/h1,3,8H,2H2;3*4-5H,3H2,1-2H3;/q4*-1;+4. The number of allylic oxidation sites excluding steroid dienone is 4. The van der Waals surface area contributed by atoms with Crippen LogP contribution in [0.2, 0.25) is 0 Å². The minimum Gasteiger partial charge on any atom is 4.00 e. The molecule has 0 aromatic heterocycles. The average molecular weight is 483 g/mol. The van der Waals surface area contributed by atoms with Crippen LogP contribution < -0.4 is 0 Å². The summed E-state index contributed by atoms with van der Waals surface area (Å²) in [6.07, 6.45) is 9.31. The summed E-state index contributed by atoms with van der Waals surface area (Å²) in [7, 11) is 0. The summed E-state index contributed by atoms with van der Waals surface area (Å²) in [5.41, 5.74) is 20.5. The molecular formula is C17H35F2GeN3Zr. The predicted octanol–water partition coefficient (Wildman–Crippen LogP) is 6.88. The van der Waals surface area contributed by atoms with E-state index in [9.17, 15) is 7.00 Å². The zero-order valence-corrected chi connectivity index (χ0v) is 20.9. The first-order valence-corrected chi connectivity index (χ1v) is 11.3. The Bertz CT molecular complexity index is 279. The summed E-state index contributed by atoms with van der Waals surface area (Å²) >= 11 is -3.91. The average Bonchev–Trinajstić information content (AvgIpc) is 3.03. The summed E-state index contributed by atoms with van der Waals surface area (Å²) in [6.45, 7) is 11.7. The minimum atomic E-state index is -3.91.